The Hall–Kier alpha value is -2.63. The van der Waals surface area contributed by atoms with Crippen molar-refractivity contribution < 1.29 is 17.3 Å². The van der Waals surface area contributed by atoms with Crippen molar-refractivity contribution >= 4 is 10.1 Å². The van der Waals surface area contributed by atoms with Crippen LogP contribution < -0.4 is 4.74 Å². The summed E-state index contributed by atoms with van der Waals surface area (Å²) < 4.78 is 34.9. The second-order valence-electron chi connectivity index (χ2n) is 6.51. The number of hydrogen-bond donors (Lipinski definition) is 0. The third kappa shape index (κ3) is 5.21. The van der Waals surface area contributed by atoms with Gasteiger partial charge < -0.3 is 4.74 Å². The van der Waals surface area contributed by atoms with E-state index < -0.39 is 10.1 Å². The molecule has 0 amide bonds. The molecule has 3 rings (SSSR count). The topological polar surface area (TPSA) is 52.6 Å². The van der Waals surface area contributed by atoms with Gasteiger partial charge in [-0.15, -0.1) is 0 Å². The molecule has 0 aliphatic rings. The quantitative estimate of drug-likeness (QED) is 0.397. The molecule has 0 bridgehead atoms. The average molecular weight is 397 g/mol. The molecule has 0 radical (unpaired) electrons. The van der Waals surface area contributed by atoms with Crippen LogP contribution >= 0.6 is 0 Å². The molecule has 0 atom stereocenters. The summed E-state index contributed by atoms with van der Waals surface area (Å²) in [7, 11) is -3.76. The number of ether oxygens (including phenoxy) is 1. The number of aryl methyl sites for hydroxylation is 2. The molecule has 0 saturated carbocycles. The summed E-state index contributed by atoms with van der Waals surface area (Å²) in [6.45, 7) is 4.14. The zero-order chi connectivity index (χ0) is 20.0. The molecule has 3 aromatic carbocycles. The molecule has 0 heterocycles. The second-order valence-corrected chi connectivity index (χ2v) is 8.13. The van der Waals surface area contributed by atoms with Crippen LogP contribution in [0.15, 0.2) is 77.7 Å². The molecule has 0 aliphatic heterocycles. The van der Waals surface area contributed by atoms with Gasteiger partial charge in [0.1, 0.15) is 19.0 Å². The average Bonchev–Trinajstić information content (AvgIpc) is 2.72. The number of rotatable bonds is 8. The van der Waals surface area contributed by atoms with Gasteiger partial charge in [0.15, 0.2) is 0 Å². The predicted octanol–water partition coefficient (Wildman–Crippen LogP) is 5.01. The van der Waals surface area contributed by atoms with E-state index in [9.17, 15) is 8.42 Å². The predicted molar refractivity (Wildman–Crippen MR) is 111 cm³/mol. The van der Waals surface area contributed by atoms with E-state index in [1.807, 2.05) is 31.2 Å². The summed E-state index contributed by atoms with van der Waals surface area (Å²) in [5.74, 6) is 0.672. The van der Waals surface area contributed by atoms with Gasteiger partial charge in [-0.25, -0.2) is 0 Å². The van der Waals surface area contributed by atoms with Crippen LogP contribution in [0.5, 0.6) is 5.75 Å². The smallest absolute Gasteiger partial charge is 0.297 e. The maximum atomic E-state index is 12.1. The maximum absolute atomic E-state index is 12.1. The third-order valence-corrected chi connectivity index (χ3v) is 5.78. The fourth-order valence-electron chi connectivity index (χ4n) is 2.75. The summed E-state index contributed by atoms with van der Waals surface area (Å²) >= 11 is 0. The van der Waals surface area contributed by atoms with Crippen molar-refractivity contribution in [3.8, 4) is 16.9 Å². The minimum absolute atomic E-state index is 0.0452. The van der Waals surface area contributed by atoms with Gasteiger partial charge in [-0.3, -0.25) is 4.18 Å². The summed E-state index contributed by atoms with van der Waals surface area (Å²) in [6.07, 6.45) is 1.02. The molecular weight excluding hydrogens is 372 g/mol. The number of benzene rings is 3. The van der Waals surface area contributed by atoms with Gasteiger partial charge in [0.05, 0.1) is 4.90 Å². The Labute approximate surface area is 166 Å². The van der Waals surface area contributed by atoms with Crippen LogP contribution in [0.4, 0.5) is 0 Å². The molecule has 5 heteroatoms. The van der Waals surface area contributed by atoms with Crippen molar-refractivity contribution in [1.82, 2.24) is 0 Å². The maximum Gasteiger partial charge on any atom is 0.297 e. The first-order valence-electron chi connectivity index (χ1n) is 9.26. The minimum atomic E-state index is -3.76. The molecule has 28 heavy (non-hydrogen) atoms. The van der Waals surface area contributed by atoms with Crippen molar-refractivity contribution in [3.63, 3.8) is 0 Å². The SMILES string of the molecule is CCc1ccc(-c2ccc(OCCOS(=O)(=O)c3ccc(C)cc3)cc2)cc1. The van der Waals surface area contributed by atoms with Crippen LogP contribution in [-0.4, -0.2) is 21.6 Å². The molecule has 0 fully saturated rings. The molecule has 0 spiro atoms. The van der Waals surface area contributed by atoms with E-state index in [0.29, 0.717) is 5.75 Å². The van der Waals surface area contributed by atoms with Crippen molar-refractivity contribution in [2.45, 2.75) is 25.2 Å². The van der Waals surface area contributed by atoms with E-state index in [1.54, 1.807) is 12.1 Å². The van der Waals surface area contributed by atoms with Crippen LogP contribution in [0.2, 0.25) is 0 Å². The Morgan fingerprint density at radius 1 is 0.750 bits per heavy atom. The summed E-state index contributed by atoms with van der Waals surface area (Å²) in [6, 6.07) is 22.8. The Morgan fingerprint density at radius 2 is 1.32 bits per heavy atom. The first-order valence-corrected chi connectivity index (χ1v) is 10.7. The molecule has 4 nitrogen and oxygen atoms in total. The lowest BCUT2D eigenvalue weighted by Gasteiger charge is -2.09. The molecule has 3 aromatic rings. The van der Waals surface area contributed by atoms with Gasteiger partial charge in [-0.2, -0.15) is 8.42 Å². The first-order chi connectivity index (χ1) is 13.5. The van der Waals surface area contributed by atoms with Gasteiger partial charge in [-0.05, 0) is 54.3 Å². The minimum Gasteiger partial charge on any atom is -0.491 e. The van der Waals surface area contributed by atoms with Crippen LogP contribution in [0.25, 0.3) is 11.1 Å². The molecule has 0 N–H and O–H groups in total. The molecular formula is C23H24O4S. The zero-order valence-electron chi connectivity index (χ0n) is 16.1. The Balaban J connectivity index is 1.51. The standard InChI is InChI=1S/C23H24O4S/c1-3-19-6-8-20(9-7-19)21-10-12-22(13-11-21)26-16-17-27-28(24,25)23-14-4-18(2)5-15-23/h4-15H,3,16-17H2,1-2H3. The van der Waals surface area contributed by atoms with Crippen LogP contribution in [0, 0.1) is 6.92 Å². The van der Waals surface area contributed by atoms with Crippen molar-refractivity contribution in [2.75, 3.05) is 13.2 Å². The second kappa shape index (κ2) is 9.04. The van der Waals surface area contributed by atoms with E-state index in [-0.39, 0.29) is 18.1 Å². The fourth-order valence-corrected chi connectivity index (χ4v) is 3.65. The van der Waals surface area contributed by atoms with Crippen molar-refractivity contribution in [1.29, 1.82) is 0 Å². The van der Waals surface area contributed by atoms with E-state index >= 15 is 0 Å². The Morgan fingerprint density at radius 3 is 1.89 bits per heavy atom. The Bertz CT molecular complexity index is 990. The fraction of sp³-hybridized carbons (Fsp3) is 0.217. The monoisotopic (exact) mass is 396 g/mol. The largest absolute Gasteiger partial charge is 0.491 e. The molecule has 146 valence electrons. The van der Waals surface area contributed by atoms with Crippen LogP contribution in [-0.2, 0) is 20.7 Å². The van der Waals surface area contributed by atoms with Gasteiger partial charge in [0.25, 0.3) is 10.1 Å². The highest BCUT2D eigenvalue weighted by Crippen LogP contribution is 2.23. The van der Waals surface area contributed by atoms with Crippen LogP contribution in [0.3, 0.4) is 0 Å². The summed E-state index contributed by atoms with van der Waals surface area (Å²) in [4.78, 5) is 0.150. The third-order valence-electron chi connectivity index (χ3n) is 4.45. The van der Waals surface area contributed by atoms with Crippen molar-refractivity contribution in [3.05, 3.63) is 83.9 Å². The number of hydrogen-bond acceptors (Lipinski definition) is 4. The van der Waals surface area contributed by atoms with Gasteiger partial charge in [-0.1, -0.05) is 61.0 Å². The highest BCUT2D eigenvalue weighted by Gasteiger charge is 2.14. The van der Waals surface area contributed by atoms with E-state index in [0.717, 1.165) is 23.1 Å². The van der Waals surface area contributed by atoms with Gasteiger partial charge >= 0.3 is 0 Å². The molecule has 0 saturated heterocycles. The molecule has 0 aromatic heterocycles. The lowest BCUT2D eigenvalue weighted by Crippen LogP contribution is -2.13. The van der Waals surface area contributed by atoms with Gasteiger partial charge in [0, 0.05) is 0 Å². The van der Waals surface area contributed by atoms with E-state index in [1.165, 1.54) is 17.7 Å². The summed E-state index contributed by atoms with van der Waals surface area (Å²) in [5.41, 5.74) is 4.56. The normalized spacial score (nSPS) is 11.4. The highest BCUT2D eigenvalue weighted by molar-refractivity contribution is 7.86. The lowest BCUT2D eigenvalue weighted by atomic mass is 10.0. The van der Waals surface area contributed by atoms with Gasteiger partial charge in [0.2, 0.25) is 0 Å². The molecule has 0 unspecified atom stereocenters. The van der Waals surface area contributed by atoms with E-state index in [4.69, 9.17) is 8.92 Å². The summed E-state index contributed by atoms with van der Waals surface area (Å²) in [5, 5.41) is 0. The highest BCUT2D eigenvalue weighted by atomic mass is 32.2. The van der Waals surface area contributed by atoms with Crippen LogP contribution in [0.1, 0.15) is 18.1 Å². The van der Waals surface area contributed by atoms with Crippen molar-refractivity contribution in [2.24, 2.45) is 0 Å². The lowest BCUT2D eigenvalue weighted by molar-refractivity contribution is 0.221. The Kier molecular flexibility index (Phi) is 6.49. The first kappa shape index (κ1) is 20.1. The zero-order valence-corrected chi connectivity index (χ0v) is 16.9. The van der Waals surface area contributed by atoms with E-state index in [2.05, 4.69) is 31.2 Å². The molecule has 0 aliphatic carbocycles.